The van der Waals surface area contributed by atoms with Crippen LogP contribution in [0.2, 0.25) is 5.32 Å². The molecule has 0 saturated heterocycles. The Morgan fingerprint density at radius 3 is 2.50 bits per heavy atom. The van der Waals surface area contributed by atoms with Gasteiger partial charge >= 0.3 is 52.4 Å². The molecule has 0 radical (unpaired) electrons. The van der Waals surface area contributed by atoms with E-state index in [0.29, 0.717) is 0 Å². The quantitative estimate of drug-likeness (QED) is 0.481. The number of rotatable bonds is 3. The molecule has 0 N–H and O–H groups in total. The second kappa shape index (κ2) is 6.04. The molecule has 38 valence electrons. The van der Waals surface area contributed by atoms with E-state index in [0.717, 1.165) is 13.1 Å². The Morgan fingerprint density at radius 2 is 2.33 bits per heavy atom. The predicted molar refractivity (Wildman–Crippen MR) is 32.6 cm³/mol. The van der Waals surface area contributed by atoms with Crippen LogP contribution in [0, 0.1) is 0 Å². The molecular weight excluding hydrogens is 206 g/mol. The van der Waals surface area contributed by atoms with Gasteiger partial charge in [-0.3, -0.25) is 0 Å². The van der Waals surface area contributed by atoms with Crippen LogP contribution in [0.3, 0.4) is 0 Å². The molecule has 0 aliphatic carbocycles. The van der Waals surface area contributed by atoms with Crippen molar-refractivity contribution in [2.75, 3.05) is 0 Å². The van der Waals surface area contributed by atoms with Crippen molar-refractivity contribution in [2.24, 2.45) is 0 Å². The third-order valence-electron chi connectivity index (χ3n) is 0.589. The van der Waals surface area contributed by atoms with Gasteiger partial charge in [-0.2, -0.15) is 0 Å². The molecule has 0 amide bonds. The van der Waals surface area contributed by atoms with E-state index in [1.54, 1.807) is 0 Å². The monoisotopic (exact) mass is 218 g/mol. The Kier molecular flexibility index (Phi) is 7.08. The molecule has 0 aliphatic rings. The van der Waals surface area contributed by atoms with Crippen molar-refractivity contribution in [3.63, 3.8) is 0 Å². The molecule has 0 aliphatic heterocycles. The summed E-state index contributed by atoms with van der Waals surface area (Å²) in [5, 5.41) is 1.45. The Hall–Kier alpha value is 1.04. The van der Waals surface area contributed by atoms with Crippen molar-refractivity contribution in [1.29, 1.82) is 0 Å². The fraction of sp³-hybridized carbons (Fsp3) is 1.00. The van der Waals surface area contributed by atoms with Gasteiger partial charge in [0.1, 0.15) is 0 Å². The van der Waals surface area contributed by atoms with E-state index in [9.17, 15) is 0 Å². The van der Waals surface area contributed by atoms with Crippen LogP contribution in [0.25, 0.3) is 0 Å². The summed E-state index contributed by atoms with van der Waals surface area (Å²) in [7, 11) is 0. The molecule has 0 aromatic carbocycles. The minimum absolute atomic E-state index is 0.864. The van der Waals surface area contributed by atoms with Gasteiger partial charge in [0.25, 0.3) is 0 Å². The molecule has 0 heterocycles. The van der Waals surface area contributed by atoms with Gasteiger partial charge in [0.05, 0.1) is 0 Å². The molecule has 0 aromatic heterocycles. The molecule has 0 nitrogen and oxygen atoms in total. The van der Waals surface area contributed by atoms with Crippen LogP contribution in [-0.4, -0.2) is 27.3 Å². The standard InChI is InChI=1S/C4H10Se2/c1-2-3-4-6-5/h5H,2-4H2,1H3. The fourth-order valence-corrected chi connectivity index (χ4v) is 2.49. The zero-order valence-corrected chi connectivity index (χ0v) is 7.57. The Labute approximate surface area is 52.6 Å². The second-order valence-corrected chi connectivity index (χ2v) is 5.40. The number of hydrogen-bond donors (Lipinski definition) is 0. The normalized spacial score (nSPS) is 9.00. The summed E-state index contributed by atoms with van der Waals surface area (Å²) in [4.78, 5) is 0. The zero-order chi connectivity index (χ0) is 4.83. The van der Waals surface area contributed by atoms with Crippen LogP contribution in [-0.2, 0) is 0 Å². The first-order valence-electron chi connectivity index (χ1n) is 2.18. The summed E-state index contributed by atoms with van der Waals surface area (Å²) in [6.07, 6.45) is 2.79. The Bertz CT molecular complexity index is 17.5. The first-order chi connectivity index (χ1) is 2.91. The Balaban J connectivity index is 2.34. The first-order valence-corrected chi connectivity index (χ1v) is 8.14. The molecule has 0 rings (SSSR count). The zero-order valence-electron chi connectivity index (χ0n) is 3.98. The fourth-order valence-electron chi connectivity index (χ4n) is 0.209. The summed E-state index contributed by atoms with van der Waals surface area (Å²) in [5.41, 5.74) is 0. The van der Waals surface area contributed by atoms with E-state index in [1.165, 1.54) is 18.2 Å². The molecule has 6 heavy (non-hydrogen) atoms. The van der Waals surface area contributed by atoms with Crippen molar-refractivity contribution in [1.82, 2.24) is 0 Å². The van der Waals surface area contributed by atoms with Gasteiger partial charge < -0.3 is 0 Å². The van der Waals surface area contributed by atoms with Crippen LogP contribution < -0.4 is 0 Å². The predicted octanol–water partition coefficient (Wildman–Crippen LogP) is 0.725. The van der Waals surface area contributed by atoms with Gasteiger partial charge in [0.2, 0.25) is 0 Å². The molecule has 0 atom stereocenters. The summed E-state index contributed by atoms with van der Waals surface area (Å²) >= 11 is 3.53. The summed E-state index contributed by atoms with van der Waals surface area (Å²) < 4.78 is 0. The van der Waals surface area contributed by atoms with E-state index in [1.807, 2.05) is 0 Å². The number of hydrogen-bond acceptors (Lipinski definition) is 0. The molecule has 0 unspecified atom stereocenters. The van der Waals surface area contributed by atoms with Crippen LogP contribution in [0.4, 0.5) is 0 Å². The number of unbranched alkanes of at least 4 members (excludes halogenated alkanes) is 1. The van der Waals surface area contributed by atoms with Gasteiger partial charge in [-0.15, -0.1) is 0 Å². The SMILES string of the molecule is CCCC[Se][SeH]. The van der Waals surface area contributed by atoms with Crippen molar-refractivity contribution in [3.8, 4) is 0 Å². The first kappa shape index (κ1) is 7.04. The minimum atomic E-state index is 0.864. The van der Waals surface area contributed by atoms with Gasteiger partial charge in [0, 0.05) is 0 Å². The molecule has 0 bridgehead atoms. The van der Waals surface area contributed by atoms with Gasteiger partial charge in [-0.1, -0.05) is 0 Å². The molecular formula is C4H10Se2. The van der Waals surface area contributed by atoms with Gasteiger partial charge in [-0.25, -0.2) is 0 Å². The van der Waals surface area contributed by atoms with Crippen LogP contribution in [0.5, 0.6) is 0 Å². The molecule has 0 fully saturated rings. The topological polar surface area (TPSA) is 0 Å². The van der Waals surface area contributed by atoms with Crippen LogP contribution in [0.1, 0.15) is 19.8 Å². The summed E-state index contributed by atoms with van der Waals surface area (Å²) in [5.74, 6) is 0. The van der Waals surface area contributed by atoms with Crippen molar-refractivity contribution in [3.05, 3.63) is 0 Å². The van der Waals surface area contributed by atoms with E-state index >= 15 is 0 Å². The van der Waals surface area contributed by atoms with Crippen molar-refractivity contribution < 1.29 is 0 Å². The summed E-state index contributed by atoms with van der Waals surface area (Å²) in [6.45, 7) is 2.23. The van der Waals surface area contributed by atoms with Crippen molar-refractivity contribution in [2.45, 2.75) is 25.1 Å². The van der Waals surface area contributed by atoms with E-state index in [-0.39, 0.29) is 0 Å². The van der Waals surface area contributed by atoms with E-state index in [2.05, 4.69) is 21.1 Å². The van der Waals surface area contributed by atoms with E-state index < -0.39 is 0 Å². The molecule has 0 saturated carbocycles. The average Bonchev–Trinajstić information content (AvgIpc) is 1.61. The molecule has 0 spiro atoms. The third-order valence-corrected chi connectivity index (χ3v) is 3.57. The van der Waals surface area contributed by atoms with Crippen LogP contribution >= 0.6 is 0 Å². The van der Waals surface area contributed by atoms with E-state index in [4.69, 9.17) is 0 Å². The summed E-state index contributed by atoms with van der Waals surface area (Å²) in [6, 6.07) is 0. The third kappa shape index (κ3) is 5.04. The van der Waals surface area contributed by atoms with Gasteiger partial charge in [0.15, 0.2) is 0 Å². The van der Waals surface area contributed by atoms with Crippen molar-refractivity contribution >= 4 is 27.3 Å². The average molecular weight is 216 g/mol. The Morgan fingerprint density at radius 1 is 1.67 bits per heavy atom. The molecule has 0 aromatic rings. The maximum absolute atomic E-state index is 2.67. The second-order valence-electron chi connectivity index (χ2n) is 1.19. The van der Waals surface area contributed by atoms with Gasteiger partial charge in [-0.05, 0) is 0 Å². The maximum atomic E-state index is 2.67. The molecule has 2 heteroatoms. The van der Waals surface area contributed by atoms with Crippen LogP contribution in [0.15, 0.2) is 0 Å².